The first-order valence-electron chi connectivity index (χ1n) is 7.67. The molecule has 1 aliphatic rings. The molecule has 0 bridgehead atoms. The molecule has 0 saturated carbocycles. The van der Waals surface area contributed by atoms with Crippen LogP contribution in [0, 0.1) is 5.82 Å². The molecule has 2 aromatic rings. The number of hydrogen-bond donors (Lipinski definition) is 1. The van der Waals surface area contributed by atoms with Crippen LogP contribution in [-0.2, 0) is 11.0 Å². The maximum Gasteiger partial charge on any atom is 0.416 e. The van der Waals surface area contributed by atoms with E-state index in [2.05, 4.69) is 5.32 Å². The molecule has 140 valence electrons. The Morgan fingerprint density at radius 2 is 1.81 bits per heavy atom. The Bertz CT molecular complexity index is 928. The molecule has 1 aliphatic heterocycles. The van der Waals surface area contributed by atoms with Crippen LogP contribution in [0.1, 0.15) is 11.1 Å². The minimum absolute atomic E-state index is 0.0379. The third kappa shape index (κ3) is 4.30. The van der Waals surface area contributed by atoms with E-state index in [9.17, 15) is 27.2 Å². The Morgan fingerprint density at radius 3 is 2.52 bits per heavy atom. The lowest BCUT2D eigenvalue weighted by Gasteiger charge is -2.15. The number of benzene rings is 2. The largest absolute Gasteiger partial charge is 0.416 e. The zero-order valence-electron chi connectivity index (χ0n) is 13.6. The van der Waals surface area contributed by atoms with E-state index in [0.717, 1.165) is 17.0 Å². The number of carbonyl (C=O) groups is 2. The number of anilines is 1. The van der Waals surface area contributed by atoms with Crippen molar-refractivity contribution < 1.29 is 27.2 Å². The fourth-order valence-corrected chi connectivity index (χ4v) is 3.17. The summed E-state index contributed by atoms with van der Waals surface area (Å²) in [5.41, 5.74) is -0.572. The topological polar surface area (TPSA) is 49.4 Å². The molecular formula is C18H12F4N2O2S. The van der Waals surface area contributed by atoms with Gasteiger partial charge in [-0.3, -0.25) is 14.5 Å². The quantitative estimate of drug-likeness (QED) is 0.587. The summed E-state index contributed by atoms with van der Waals surface area (Å²) < 4.78 is 51.9. The van der Waals surface area contributed by atoms with Crippen molar-refractivity contribution in [2.24, 2.45) is 0 Å². The summed E-state index contributed by atoms with van der Waals surface area (Å²) in [6.07, 6.45) is -3.23. The molecule has 1 N–H and O–H groups in total. The van der Waals surface area contributed by atoms with Gasteiger partial charge in [0, 0.05) is 11.3 Å². The average molecular weight is 396 g/mol. The van der Waals surface area contributed by atoms with Gasteiger partial charge in [-0.15, -0.1) is 0 Å². The maximum atomic E-state index is 13.7. The first-order chi connectivity index (χ1) is 12.8. The number of halogens is 4. The third-order valence-electron chi connectivity index (χ3n) is 3.70. The van der Waals surface area contributed by atoms with Crippen molar-refractivity contribution in [3.63, 3.8) is 0 Å². The van der Waals surface area contributed by atoms with Crippen LogP contribution < -0.4 is 5.32 Å². The molecule has 0 atom stereocenters. The van der Waals surface area contributed by atoms with Crippen LogP contribution >= 0.6 is 11.8 Å². The van der Waals surface area contributed by atoms with E-state index >= 15 is 0 Å². The maximum absolute atomic E-state index is 13.7. The normalized spacial score (nSPS) is 16.3. The van der Waals surface area contributed by atoms with E-state index in [-0.39, 0.29) is 22.8 Å². The summed E-state index contributed by atoms with van der Waals surface area (Å²) in [6, 6.07) is 10.2. The van der Waals surface area contributed by atoms with Crippen molar-refractivity contribution in [3.05, 3.63) is 70.4 Å². The smallest absolute Gasteiger partial charge is 0.367 e. The fourth-order valence-electron chi connectivity index (χ4n) is 2.35. The number of nitrogens with zero attached hydrogens (tertiary/aromatic N) is 1. The molecule has 1 fully saturated rings. The molecule has 0 unspecified atom stereocenters. The van der Waals surface area contributed by atoms with E-state index in [1.807, 2.05) is 0 Å². The van der Waals surface area contributed by atoms with Crippen LogP contribution in [0.15, 0.2) is 53.4 Å². The number of alkyl halides is 3. The van der Waals surface area contributed by atoms with Crippen LogP contribution in [0.4, 0.5) is 28.0 Å². The predicted octanol–water partition coefficient (Wildman–Crippen LogP) is 4.95. The van der Waals surface area contributed by atoms with Crippen LogP contribution in [-0.4, -0.2) is 22.7 Å². The van der Waals surface area contributed by atoms with Crippen molar-refractivity contribution in [2.45, 2.75) is 6.18 Å². The first kappa shape index (κ1) is 19.0. The Kier molecular flexibility index (Phi) is 5.22. The lowest BCUT2D eigenvalue weighted by molar-refractivity contribution is -0.137. The first-order valence-corrected chi connectivity index (χ1v) is 8.48. The van der Waals surface area contributed by atoms with E-state index < -0.39 is 28.7 Å². The number of thioether (sulfide) groups is 1. The highest BCUT2D eigenvalue weighted by atomic mass is 32.2. The highest BCUT2D eigenvalue weighted by Gasteiger charge is 2.35. The molecule has 27 heavy (non-hydrogen) atoms. The number of amides is 2. The lowest BCUT2D eigenvalue weighted by Crippen LogP contribution is -2.33. The van der Waals surface area contributed by atoms with E-state index in [0.29, 0.717) is 11.8 Å². The second kappa shape index (κ2) is 7.43. The molecule has 1 saturated heterocycles. The van der Waals surface area contributed by atoms with Gasteiger partial charge in [0.05, 0.1) is 17.1 Å². The fraction of sp³-hybridized carbons (Fsp3) is 0.111. The van der Waals surface area contributed by atoms with Crippen molar-refractivity contribution in [1.29, 1.82) is 0 Å². The number of rotatable bonds is 4. The molecular weight excluding hydrogens is 384 g/mol. The van der Waals surface area contributed by atoms with Crippen molar-refractivity contribution in [2.75, 3.05) is 12.0 Å². The molecule has 1 heterocycles. The zero-order chi connectivity index (χ0) is 19.6. The number of nitrogens with one attached hydrogen (secondary N) is 1. The summed E-state index contributed by atoms with van der Waals surface area (Å²) in [4.78, 5) is 25.3. The van der Waals surface area contributed by atoms with Gasteiger partial charge >= 0.3 is 6.18 Å². The van der Waals surface area contributed by atoms with Crippen molar-refractivity contribution in [3.8, 4) is 0 Å². The van der Waals surface area contributed by atoms with Crippen LogP contribution in [0.2, 0.25) is 0 Å². The van der Waals surface area contributed by atoms with Crippen LogP contribution in [0.25, 0.3) is 6.08 Å². The van der Waals surface area contributed by atoms with E-state index in [1.165, 1.54) is 36.4 Å². The van der Waals surface area contributed by atoms with Gasteiger partial charge in [0.25, 0.3) is 11.1 Å². The van der Waals surface area contributed by atoms with E-state index in [1.54, 1.807) is 6.07 Å². The number of imide groups is 1. The highest BCUT2D eigenvalue weighted by Crippen LogP contribution is 2.33. The predicted molar refractivity (Wildman–Crippen MR) is 94.1 cm³/mol. The summed E-state index contributed by atoms with van der Waals surface area (Å²) in [7, 11) is 0. The molecule has 2 amide bonds. The van der Waals surface area contributed by atoms with Crippen LogP contribution in [0.5, 0.6) is 0 Å². The Balaban J connectivity index is 1.73. The molecule has 9 heteroatoms. The third-order valence-corrected chi connectivity index (χ3v) is 4.60. The number of carbonyl (C=O) groups excluding carboxylic acids is 2. The standard InChI is InChI=1S/C18H12F4N2O2S/c19-14-7-2-1-4-11(14)8-15-16(25)24(17(26)27-15)10-23-13-6-3-5-12(9-13)18(20,21)22/h1-9,23H,10H2/b15-8-. The number of hydrogen-bond acceptors (Lipinski definition) is 4. The average Bonchev–Trinajstić information content (AvgIpc) is 2.88. The molecule has 4 nitrogen and oxygen atoms in total. The molecule has 0 aliphatic carbocycles. The molecule has 0 aromatic heterocycles. The monoisotopic (exact) mass is 396 g/mol. The van der Waals surface area contributed by atoms with Gasteiger partial charge in [-0.25, -0.2) is 4.39 Å². The lowest BCUT2D eigenvalue weighted by atomic mass is 10.2. The SMILES string of the molecule is O=C1S/C(=C\c2ccccc2F)C(=O)N1CNc1cccc(C(F)(F)F)c1. The van der Waals surface area contributed by atoms with Crippen molar-refractivity contribution >= 4 is 34.7 Å². The minimum atomic E-state index is -4.50. The molecule has 0 radical (unpaired) electrons. The summed E-state index contributed by atoms with van der Waals surface area (Å²) in [5, 5.41) is 2.03. The van der Waals surface area contributed by atoms with Gasteiger partial charge in [-0.05, 0) is 42.1 Å². The van der Waals surface area contributed by atoms with Gasteiger partial charge in [0.2, 0.25) is 0 Å². The molecule has 2 aromatic carbocycles. The van der Waals surface area contributed by atoms with Gasteiger partial charge in [0.1, 0.15) is 5.82 Å². The van der Waals surface area contributed by atoms with Crippen LogP contribution in [0.3, 0.4) is 0 Å². The van der Waals surface area contributed by atoms with Gasteiger partial charge in [-0.1, -0.05) is 24.3 Å². The second-order valence-electron chi connectivity index (χ2n) is 5.54. The van der Waals surface area contributed by atoms with Gasteiger partial charge in [-0.2, -0.15) is 13.2 Å². The van der Waals surface area contributed by atoms with E-state index in [4.69, 9.17) is 0 Å². The Morgan fingerprint density at radius 1 is 1.07 bits per heavy atom. The van der Waals surface area contributed by atoms with Gasteiger partial charge < -0.3 is 5.32 Å². The van der Waals surface area contributed by atoms with Crippen molar-refractivity contribution in [1.82, 2.24) is 4.90 Å². The Hall–Kier alpha value is -2.81. The zero-order valence-corrected chi connectivity index (χ0v) is 14.4. The summed E-state index contributed by atoms with van der Waals surface area (Å²) >= 11 is 0.640. The minimum Gasteiger partial charge on any atom is -0.367 e. The highest BCUT2D eigenvalue weighted by molar-refractivity contribution is 8.18. The summed E-state index contributed by atoms with van der Waals surface area (Å²) in [6.45, 7) is -0.305. The summed E-state index contributed by atoms with van der Waals surface area (Å²) in [5.74, 6) is -1.18. The second-order valence-corrected chi connectivity index (χ2v) is 6.54. The van der Waals surface area contributed by atoms with Gasteiger partial charge in [0.15, 0.2) is 0 Å². The molecule has 3 rings (SSSR count). The Labute approximate surface area is 155 Å². The molecule has 0 spiro atoms.